The SMILES string of the molecule is CCC(CC)(C(O)C1CCCC1)N(C)C. The average molecular weight is 213 g/mol. The molecule has 15 heavy (non-hydrogen) atoms. The number of nitrogens with zero attached hydrogens (tertiary/aromatic N) is 1. The van der Waals surface area contributed by atoms with Crippen molar-refractivity contribution in [3.8, 4) is 0 Å². The Morgan fingerprint density at radius 1 is 1.20 bits per heavy atom. The molecule has 90 valence electrons. The first-order chi connectivity index (χ1) is 7.08. The van der Waals surface area contributed by atoms with Crippen LogP contribution >= 0.6 is 0 Å². The first-order valence-corrected chi connectivity index (χ1v) is 6.44. The lowest BCUT2D eigenvalue weighted by Crippen LogP contribution is -2.55. The van der Waals surface area contributed by atoms with Crippen molar-refractivity contribution in [3.63, 3.8) is 0 Å². The number of hydrogen-bond acceptors (Lipinski definition) is 2. The van der Waals surface area contributed by atoms with Gasteiger partial charge in [0.15, 0.2) is 0 Å². The zero-order valence-electron chi connectivity index (χ0n) is 10.8. The van der Waals surface area contributed by atoms with Gasteiger partial charge in [-0.3, -0.25) is 0 Å². The summed E-state index contributed by atoms with van der Waals surface area (Å²) >= 11 is 0. The summed E-state index contributed by atoms with van der Waals surface area (Å²) in [5, 5.41) is 10.6. The van der Waals surface area contributed by atoms with Gasteiger partial charge in [-0.2, -0.15) is 0 Å². The Morgan fingerprint density at radius 2 is 1.67 bits per heavy atom. The molecule has 1 atom stereocenters. The molecule has 0 saturated heterocycles. The number of likely N-dealkylation sites (N-methyl/N-ethyl adjacent to an activating group) is 1. The van der Waals surface area contributed by atoms with Crippen LogP contribution < -0.4 is 0 Å². The number of aliphatic hydroxyl groups excluding tert-OH is 1. The van der Waals surface area contributed by atoms with Crippen molar-refractivity contribution in [2.75, 3.05) is 14.1 Å². The lowest BCUT2D eigenvalue weighted by Gasteiger charge is -2.45. The van der Waals surface area contributed by atoms with E-state index in [1.54, 1.807) is 0 Å². The summed E-state index contributed by atoms with van der Waals surface area (Å²) in [7, 11) is 4.20. The van der Waals surface area contributed by atoms with E-state index in [2.05, 4.69) is 32.8 Å². The fraction of sp³-hybridized carbons (Fsp3) is 1.00. The highest BCUT2D eigenvalue weighted by molar-refractivity contribution is 4.96. The molecule has 1 N–H and O–H groups in total. The van der Waals surface area contributed by atoms with Gasteiger partial charge in [-0.15, -0.1) is 0 Å². The first-order valence-electron chi connectivity index (χ1n) is 6.44. The lowest BCUT2D eigenvalue weighted by molar-refractivity contribution is -0.0455. The fourth-order valence-electron chi connectivity index (χ4n) is 3.28. The predicted octanol–water partition coefficient (Wildman–Crippen LogP) is 2.66. The highest BCUT2D eigenvalue weighted by Crippen LogP contribution is 2.37. The second-order valence-corrected chi connectivity index (χ2v) is 5.19. The maximum absolute atomic E-state index is 10.6. The van der Waals surface area contributed by atoms with Gasteiger partial charge in [0.2, 0.25) is 0 Å². The molecule has 2 heteroatoms. The third-order valence-corrected chi connectivity index (χ3v) is 4.51. The van der Waals surface area contributed by atoms with Gasteiger partial charge in [-0.1, -0.05) is 26.7 Å². The minimum absolute atomic E-state index is 0.00495. The Hall–Kier alpha value is -0.0800. The van der Waals surface area contributed by atoms with Gasteiger partial charge in [-0.25, -0.2) is 0 Å². The lowest BCUT2D eigenvalue weighted by atomic mass is 9.78. The molecule has 0 aliphatic heterocycles. The Balaban J connectivity index is 2.77. The third kappa shape index (κ3) is 2.36. The topological polar surface area (TPSA) is 23.5 Å². The molecule has 0 aromatic heterocycles. The molecule has 1 saturated carbocycles. The van der Waals surface area contributed by atoms with E-state index in [1.807, 2.05) is 0 Å². The van der Waals surface area contributed by atoms with Crippen molar-refractivity contribution >= 4 is 0 Å². The van der Waals surface area contributed by atoms with E-state index in [0.717, 1.165) is 12.8 Å². The molecule has 0 amide bonds. The van der Waals surface area contributed by atoms with Gasteiger partial charge in [0.1, 0.15) is 0 Å². The van der Waals surface area contributed by atoms with Crippen molar-refractivity contribution in [2.24, 2.45) is 5.92 Å². The van der Waals surface area contributed by atoms with Gasteiger partial charge in [0.05, 0.1) is 6.10 Å². The molecule has 1 rings (SSSR count). The summed E-state index contributed by atoms with van der Waals surface area (Å²) in [6.45, 7) is 4.39. The highest BCUT2D eigenvalue weighted by Gasteiger charge is 2.41. The number of hydrogen-bond donors (Lipinski definition) is 1. The summed E-state index contributed by atoms with van der Waals surface area (Å²) in [6, 6.07) is 0. The molecule has 0 bridgehead atoms. The van der Waals surface area contributed by atoms with Gasteiger partial charge in [0.25, 0.3) is 0 Å². The fourth-order valence-corrected chi connectivity index (χ4v) is 3.28. The van der Waals surface area contributed by atoms with Gasteiger partial charge in [0, 0.05) is 5.54 Å². The molecular formula is C13H27NO. The monoisotopic (exact) mass is 213 g/mol. The van der Waals surface area contributed by atoms with Crippen LogP contribution in [-0.2, 0) is 0 Å². The van der Waals surface area contributed by atoms with Crippen LogP contribution in [0.2, 0.25) is 0 Å². The summed E-state index contributed by atoms with van der Waals surface area (Å²) < 4.78 is 0. The van der Waals surface area contributed by atoms with Crippen LogP contribution in [0.4, 0.5) is 0 Å². The molecule has 1 aliphatic rings. The van der Waals surface area contributed by atoms with E-state index < -0.39 is 0 Å². The summed E-state index contributed by atoms with van der Waals surface area (Å²) in [5.41, 5.74) is -0.00495. The van der Waals surface area contributed by atoms with Crippen molar-refractivity contribution in [2.45, 2.75) is 64.0 Å². The molecular weight excluding hydrogens is 186 g/mol. The van der Waals surface area contributed by atoms with E-state index in [4.69, 9.17) is 0 Å². The van der Waals surface area contributed by atoms with E-state index in [-0.39, 0.29) is 11.6 Å². The van der Waals surface area contributed by atoms with Crippen LogP contribution in [0.5, 0.6) is 0 Å². The number of rotatable bonds is 5. The highest BCUT2D eigenvalue weighted by atomic mass is 16.3. The summed E-state index contributed by atoms with van der Waals surface area (Å²) in [6.07, 6.45) is 6.97. The molecule has 0 aromatic rings. The second-order valence-electron chi connectivity index (χ2n) is 5.19. The van der Waals surface area contributed by atoms with Crippen LogP contribution in [0.1, 0.15) is 52.4 Å². The van der Waals surface area contributed by atoms with Gasteiger partial charge in [-0.05, 0) is 45.7 Å². The van der Waals surface area contributed by atoms with Crippen LogP contribution in [0, 0.1) is 5.92 Å². The maximum atomic E-state index is 10.6. The van der Waals surface area contributed by atoms with E-state index in [1.165, 1.54) is 25.7 Å². The summed E-state index contributed by atoms with van der Waals surface area (Å²) in [4.78, 5) is 2.23. The predicted molar refractivity (Wildman–Crippen MR) is 65.0 cm³/mol. The van der Waals surface area contributed by atoms with Crippen LogP contribution in [-0.4, -0.2) is 35.7 Å². The molecule has 0 aromatic carbocycles. The maximum Gasteiger partial charge on any atom is 0.0751 e. The third-order valence-electron chi connectivity index (χ3n) is 4.51. The van der Waals surface area contributed by atoms with E-state index in [0.29, 0.717) is 5.92 Å². The normalized spacial score (nSPS) is 21.2. The largest absolute Gasteiger partial charge is 0.391 e. The molecule has 0 heterocycles. The molecule has 0 spiro atoms. The minimum atomic E-state index is -0.148. The van der Waals surface area contributed by atoms with Crippen molar-refractivity contribution in [1.82, 2.24) is 4.90 Å². The molecule has 1 fully saturated rings. The second kappa shape index (κ2) is 5.31. The zero-order valence-corrected chi connectivity index (χ0v) is 10.8. The summed E-state index contributed by atoms with van der Waals surface area (Å²) in [5.74, 6) is 0.535. The number of aliphatic hydroxyl groups is 1. The zero-order chi connectivity index (χ0) is 11.5. The van der Waals surface area contributed by atoms with Gasteiger partial charge >= 0.3 is 0 Å². The quantitative estimate of drug-likeness (QED) is 0.759. The average Bonchev–Trinajstić information content (AvgIpc) is 2.72. The van der Waals surface area contributed by atoms with E-state index >= 15 is 0 Å². The van der Waals surface area contributed by atoms with Crippen LogP contribution in [0.15, 0.2) is 0 Å². The first kappa shape index (κ1) is 13.0. The minimum Gasteiger partial charge on any atom is -0.391 e. The van der Waals surface area contributed by atoms with Crippen molar-refractivity contribution < 1.29 is 5.11 Å². The van der Waals surface area contributed by atoms with Crippen molar-refractivity contribution in [3.05, 3.63) is 0 Å². The molecule has 0 radical (unpaired) electrons. The Morgan fingerprint density at radius 3 is 2.00 bits per heavy atom. The van der Waals surface area contributed by atoms with E-state index in [9.17, 15) is 5.11 Å². The standard InChI is InChI=1S/C13H27NO/c1-5-13(6-2,14(3)4)12(15)11-9-7-8-10-11/h11-12,15H,5-10H2,1-4H3. The molecule has 2 nitrogen and oxygen atoms in total. The Kier molecular flexibility index (Phi) is 4.60. The van der Waals surface area contributed by atoms with Crippen LogP contribution in [0.3, 0.4) is 0 Å². The van der Waals surface area contributed by atoms with Crippen molar-refractivity contribution in [1.29, 1.82) is 0 Å². The van der Waals surface area contributed by atoms with Crippen LogP contribution in [0.25, 0.3) is 0 Å². The van der Waals surface area contributed by atoms with Gasteiger partial charge < -0.3 is 10.0 Å². The Bertz CT molecular complexity index is 181. The molecule has 1 unspecified atom stereocenters. The smallest absolute Gasteiger partial charge is 0.0751 e. The Labute approximate surface area is 94.7 Å². The molecule has 1 aliphatic carbocycles.